The maximum absolute atomic E-state index is 11.4. The van der Waals surface area contributed by atoms with Crippen molar-refractivity contribution in [3.05, 3.63) is 52.6 Å². The number of carbonyl (C=O) groups excluding carboxylic acids is 1. The smallest absolute Gasteiger partial charge is 0.407 e. The summed E-state index contributed by atoms with van der Waals surface area (Å²) < 4.78 is 10.3. The Morgan fingerprint density at radius 2 is 2.30 bits per heavy atom. The van der Waals surface area contributed by atoms with Gasteiger partial charge in [-0.1, -0.05) is 36.4 Å². The van der Waals surface area contributed by atoms with E-state index in [4.69, 9.17) is 9.47 Å². The molecule has 1 saturated heterocycles. The Balaban J connectivity index is 1.41. The van der Waals surface area contributed by atoms with Crippen LogP contribution in [-0.2, 0) is 15.9 Å². The molecule has 2 fully saturated rings. The largest absolute Gasteiger partial charge is 0.447 e. The molecule has 4 nitrogen and oxygen atoms in total. The molecule has 2 aliphatic carbocycles. The number of methoxy groups -OCH3 is 1. The minimum Gasteiger partial charge on any atom is -0.447 e. The fraction of sp³-hybridized carbons (Fsp3) is 0.522. The second kappa shape index (κ2) is 7.89. The number of unbranched alkanes of at least 4 members (excludes halogenated alkanes) is 1. The number of allylic oxidation sites excluding steroid dienone is 3. The normalized spacial score (nSPS) is 26.9. The SMILES string of the molecule is COCCC/C=C/C1=Cc2ccc([C@@H]3CC[C@]4(COC(=O)N4)C3)cc2CC1. The number of amides is 1. The first-order valence-corrected chi connectivity index (χ1v) is 10.1. The number of cyclic esters (lactones) is 1. The van der Waals surface area contributed by atoms with E-state index in [-0.39, 0.29) is 11.6 Å². The summed E-state index contributed by atoms with van der Waals surface area (Å²) in [5, 5.41) is 3.04. The van der Waals surface area contributed by atoms with Crippen molar-refractivity contribution in [3.8, 4) is 0 Å². The summed E-state index contributed by atoms with van der Waals surface area (Å²) in [6.45, 7) is 1.35. The van der Waals surface area contributed by atoms with Gasteiger partial charge in [-0.15, -0.1) is 0 Å². The maximum Gasteiger partial charge on any atom is 0.407 e. The van der Waals surface area contributed by atoms with Crippen LogP contribution in [-0.4, -0.2) is 32.0 Å². The van der Waals surface area contributed by atoms with Crippen molar-refractivity contribution in [1.82, 2.24) is 5.32 Å². The van der Waals surface area contributed by atoms with Gasteiger partial charge in [0.2, 0.25) is 0 Å². The van der Waals surface area contributed by atoms with Crippen molar-refractivity contribution in [1.29, 1.82) is 0 Å². The summed E-state index contributed by atoms with van der Waals surface area (Å²) >= 11 is 0. The lowest BCUT2D eigenvalue weighted by atomic mass is 9.86. The lowest BCUT2D eigenvalue weighted by molar-refractivity contribution is 0.172. The van der Waals surface area contributed by atoms with Crippen LogP contribution >= 0.6 is 0 Å². The van der Waals surface area contributed by atoms with Crippen LogP contribution in [0.4, 0.5) is 4.79 Å². The molecule has 4 rings (SSSR count). The Bertz CT molecular complexity index is 767. The van der Waals surface area contributed by atoms with E-state index in [9.17, 15) is 4.79 Å². The third-order valence-electron chi connectivity index (χ3n) is 6.17. The van der Waals surface area contributed by atoms with Gasteiger partial charge < -0.3 is 14.8 Å². The number of alkyl carbamates (subject to hydrolysis) is 1. The van der Waals surface area contributed by atoms with E-state index in [1.165, 1.54) is 22.3 Å². The maximum atomic E-state index is 11.4. The number of nitrogens with one attached hydrogen (secondary N) is 1. The molecule has 0 radical (unpaired) electrons. The molecule has 0 aromatic heterocycles. The van der Waals surface area contributed by atoms with Crippen molar-refractivity contribution in [2.24, 2.45) is 0 Å². The summed E-state index contributed by atoms with van der Waals surface area (Å²) in [7, 11) is 1.75. The zero-order chi connectivity index (χ0) is 18.7. The van der Waals surface area contributed by atoms with Gasteiger partial charge in [-0.3, -0.25) is 0 Å². The van der Waals surface area contributed by atoms with Gasteiger partial charge in [-0.05, 0) is 73.1 Å². The molecular formula is C23H29NO3. The van der Waals surface area contributed by atoms with Crippen molar-refractivity contribution >= 4 is 12.2 Å². The molecule has 0 bridgehead atoms. The predicted molar refractivity (Wildman–Crippen MR) is 107 cm³/mol. The first kappa shape index (κ1) is 18.3. The lowest BCUT2D eigenvalue weighted by Crippen LogP contribution is -2.40. The molecule has 1 spiro atoms. The summed E-state index contributed by atoms with van der Waals surface area (Å²) in [5.74, 6) is 0.517. The number of fused-ring (bicyclic) bond motifs is 1. The highest BCUT2D eigenvalue weighted by Gasteiger charge is 2.45. The van der Waals surface area contributed by atoms with Crippen LogP contribution in [0.5, 0.6) is 0 Å². The van der Waals surface area contributed by atoms with Crippen LogP contribution in [0.3, 0.4) is 0 Å². The van der Waals surface area contributed by atoms with Crippen LogP contribution < -0.4 is 5.32 Å². The number of hydrogen-bond donors (Lipinski definition) is 1. The first-order valence-electron chi connectivity index (χ1n) is 10.1. The number of hydrogen-bond acceptors (Lipinski definition) is 3. The summed E-state index contributed by atoms with van der Waals surface area (Å²) in [4.78, 5) is 11.4. The van der Waals surface area contributed by atoms with Gasteiger partial charge >= 0.3 is 6.09 Å². The number of ether oxygens (including phenoxy) is 2. The van der Waals surface area contributed by atoms with Gasteiger partial charge in [-0.25, -0.2) is 4.79 Å². The average molecular weight is 367 g/mol. The van der Waals surface area contributed by atoms with E-state index in [0.29, 0.717) is 12.5 Å². The third kappa shape index (κ3) is 4.11. The summed E-state index contributed by atoms with van der Waals surface area (Å²) in [5.41, 5.74) is 5.51. The number of rotatable bonds is 6. The predicted octanol–water partition coefficient (Wildman–Crippen LogP) is 4.75. The molecule has 1 amide bonds. The van der Waals surface area contributed by atoms with Crippen LogP contribution in [0.2, 0.25) is 0 Å². The molecule has 1 aliphatic heterocycles. The second-order valence-electron chi connectivity index (χ2n) is 8.14. The van der Waals surface area contributed by atoms with Crippen molar-refractivity contribution in [2.45, 2.75) is 56.4 Å². The second-order valence-corrected chi connectivity index (χ2v) is 8.14. The fourth-order valence-corrected chi connectivity index (χ4v) is 4.65. The summed E-state index contributed by atoms with van der Waals surface area (Å²) in [6, 6.07) is 6.95. The quantitative estimate of drug-likeness (QED) is 0.739. The van der Waals surface area contributed by atoms with Crippen LogP contribution in [0, 0.1) is 0 Å². The van der Waals surface area contributed by atoms with Crippen molar-refractivity contribution in [2.75, 3.05) is 20.3 Å². The minimum absolute atomic E-state index is 0.127. The van der Waals surface area contributed by atoms with Crippen LogP contribution in [0.25, 0.3) is 6.08 Å². The zero-order valence-electron chi connectivity index (χ0n) is 16.1. The standard InChI is InChI=1S/C23H29NO3/c1-26-12-4-2-3-5-17-6-7-19-14-20(9-8-18(19)13-17)21-10-11-23(15-21)16-27-22(25)24-23/h3,5,8-9,13-14,21H,2,4,6-7,10-12,15-16H2,1H3,(H,24,25)/b5-3+/t21-,23-/m1/s1. The molecule has 1 N–H and O–H groups in total. The van der Waals surface area contributed by atoms with E-state index in [1.807, 2.05) is 0 Å². The Hall–Kier alpha value is -2.07. The zero-order valence-corrected chi connectivity index (χ0v) is 16.1. The number of aryl methyl sites for hydroxylation is 1. The van der Waals surface area contributed by atoms with E-state index < -0.39 is 0 Å². The molecule has 27 heavy (non-hydrogen) atoms. The number of benzene rings is 1. The lowest BCUT2D eigenvalue weighted by Gasteiger charge is -2.21. The van der Waals surface area contributed by atoms with Crippen LogP contribution in [0.15, 0.2) is 35.9 Å². The van der Waals surface area contributed by atoms with E-state index in [0.717, 1.165) is 51.6 Å². The molecule has 1 saturated carbocycles. The fourth-order valence-electron chi connectivity index (χ4n) is 4.65. The van der Waals surface area contributed by atoms with Crippen molar-refractivity contribution in [3.63, 3.8) is 0 Å². The van der Waals surface area contributed by atoms with E-state index >= 15 is 0 Å². The average Bonchev–Trinajstić information content (AvgIpc) is 3.27. The van der Waals surface area contributed by atoms with Gasteiger partial charge in [0.05, 0.1) is 5.54 Å². The van der Waals surface area contributed by atoms with Crippen LogP contribution in [0.1, 0.15) is 61.1 Å². The van der Waals surface area contributed by atoms with Gasteiger partial charge in [-0.2, -0.15) is 0 Å². The van der Waals surface area contributed by atoms with Gasteiger partial charge in [0.15, 0.2) is 0 Å². The molecule has 3 aliphatic rings. The molecule has 2 atom stereocenters. The highest BCUT2D eigenvalue weighted by Crippen LogP contribution is 2.43. The van der Waals surface area contributed by atoms with Gasteiger partial charge in [0, 0.05) is 13.7 Å². The Morgan fingerprint density at radius 1 is 1.37 bits per heavy atom. The Kier molecular flexibility index (Phi) is 5.35. The third-order valence-corrected chi connectivity index (χ3v) is 6.17. The van der Waals surface area contributed by atoms with E-state index in [1.54, 1.807) is 7.11 Å². The minimum atomic E-state index is -0.256. The molecule has 1 heterocycles. The molecule has 144 valence electrons. The Labute approximate surface area is 161 Å². The molecule has 1 aromatic carbocycles. The highest BCUT2D eigenvalue weighted by molar-refractivity contribution is 5.71. The highest BCUT2D eigenvalue weighted by atomic mass is 16.6. The van der Waals surface area contributed by atoms with E-state index in [2.05, 4.69) is 41.7 Å². The topological polar surface area (TPSA) is 47.6 Å². The van der Waals surface area contributed by atoms with Gasteiger partial charge in [0.25, 0.3) is 0 Å². The van der Waals surface area contributed by atoms with Crippen molar-refractivity contribution < 1.29 is 14.3 Å². The monoisotopic (exact) mass is 367 g/mol. The molecular weight excluding hydrogens is 338 g/mol. The molecule has 0 unspecified atom stereocenters. The number of carbonyl (C=O) groups is 1. The Morgan fingerprint density at radius 3 is 3.11 bits per heavy atom. The molecule has 1 aromatic rings. The van der Waals surface area contributed by atoms with Gasteiger partial charge in [0.1, 0.15) is 6.61 Å². The molecule has 4 heteroatoms. The summed E-state index contributed by atoms with van der Waals surface area (Å²) in [6.07, 6.45) is 14.1. The first-order chi connectivity index (χ1) is 13.2.